The predicted molar refractivity (Wildman–Crippen MR) is 88.3 cm³/mol. The highest BCUT2D eigenvalue weighted by Crippen LogP contribution is 2.19. The number of aryl methyl sites for hydroxylation is 1. The third kappa shape index (κ3) is 4.16. The lowest BCUT2D eigenvalue weighted by Gasteiger charge is -2.17. The number of amides is 1. The molecule has 0 saturated carbocycles. The van der Waals surface area contributed by atoms with E-state index in [-0.39, 0.29) is 5.91 Å². The standard InChI is InChI=1S/C18H20N2O3/c1-4-16(23-18(22)14-8-6-10-19-11-14)17(21)20-15-9-5-7-12(2)13(15)3/h5-11,16H,4H2,1-3H3,(H,20,21). The maximum absolute atomic E-state index is 12.4. The lowest BCUT2D eigenvalue weighted by atomic mass is 10.1. The van der Waals surface area contributed by atoms with Gasteiger partial charge in [0.15, 0.2) is 6.10 Å². The first-order valence-corrected chi connectivity index (χ1v) is 7.51. The Kier molecular flexibility index (Phi) is 5.46. The number of anilines is 1. The number of esters is 1. The van der Waals surface area contributed by atoms with Gasteiger partial charge in [0.25, 0.3) is 5.91 Å². The summed E-state index contributed by atoms with van der Waals surface area (Å²) in [6, 6.07) is 8.93. The number of aromatic nitrogens is 1. The molecule has 2 rings (SSSR count). The number of nitrogens with zero attached hydrogens (tertiary/aromatic N) is 1. The monoisotopic (exact) mass is 312 g/mol. The molecule has 0 aliphatic rings. The Hall–Kier alpha value is -2.69. The smallest absolute Gasteiger partial charge is 0.340 e. The van der Waals surface area contributed by atoms with Crippen molar-refractivity contribution in [3.63, 3.8) is 0 Å². The highest BCUT2D eigenvalue weighted by molar-refractivity contribution is 5.97. The zero-order valence-corrected chi connectivity index (χ0v) is 13.5. The molecule has 1 aromatic heterocycles. The minimum Gasteiger partial charge on any atom is -0.449 e. The first-order valence-electron chi connectivity index (χ1n) is 7.51. The number of ether oxygens (including phenoxy) is 1. The number of rotatable bonds is 5. The molecule has 2 aromatic rings. The van der Waals surface area contributed by atoms with Crippen LogP contribution in [0.2, 0.25) is 0 Å². The third-order valence-electron chi connectivity index (χ3n) is 3.67. The Balaban J connectivity index is 2.07. The molecule has 5 nitrogen and oxygen atoms in total. The van der Waals surface area contributed by atoms with Crippen LogP contribution in [0.1, 0.15) is 34.8 Å². The molecule has 1 aromatic carbocycles. The van der Waals surface area contributed by atoms with Gasteiger partial charge in [0.1, 0.15) is 0 Å². The molecular formula is C18H20N2O3. The van der Waals surface area contributed by atoms with E-state index in [0.29, 0.717) is 12.0 Å². The summed E-state index contributed by atoms with van der Waals surface area (Å²) in [5, 5.41) is 2.83. The summed E-state index contributed by atoms with van der Waals surface area (Å²) in [6.45, 7) is 5.71. The van der Waals surface area contributed by atoms with Gasteiger partial charge in [-0.05, 0) is 49.6 Å². The van der Waals surface area contributed by atoms with Gasteiger partial charge in [0.2, 0.25) is 0 Å². The lowest BCUT2D eigenvalue weighted by Crippen LogP contribution is -2.32. The van der Waals surface area contributed by atoms with Crippen molar-refractivity contribution in [2.45, 2.75) is 33.3 Å². The number of nitrogens with one attached hydrogen (secondary N) is 1. The largest absolute Gasteiger partial charge is 0.449 e. The van der Waals surface area contributed by atoms with E-state index in [1.165, 1.54) is 6.20 Å². The van der Waals surface area contributed by atoms with Gasteiger partial charge in [-0.25, -0.2) is 4.79 Å². The molecule has 1 N–H and O–H groups in total. The van der Waals surface area contributed by atoms with Gasteiger partial charge in [0, 0.05) is 18.1 Å². The molecule has 0 saturated heterocycles. The highest BCUT2D eigenvalue weighted by atomic mass is 16.5. The van der Waals surface area contributed by atoms with Crippen molar-refractivity contribution in [2.24, 2.45) is 0 Å². The molecule has 5 heteroatoms. The number of benzene rings is 1. The van der Waals surface area contributed by atoms with Gasteiger partial charge in [-0.1, -0.05) is 19.1 Å². The van der Waals surface area contributed by atoms with Crippen LogP contribution in [-0.4, -0.2) is 23.0 Å². The van der Waals surface area contributed by atoms with Gasteiger partial charge in [-0.2, -0.15) is 0 Å². The maximum atomic E-state index is 12.4. The Bertz CT molecular complexity index is 699. The molecular weight excluding hydrogens is 292 g/mol. The minimum atomic E-state index is -0.845. The molecule has 0 fully saturated rings. The lowest BCUT2D eigenvalue weighted by molar-refractivity contribution is -0.124. The second kappa shape index (κ2) is 7.54. The number of pyridine rings is 1. The average Bonchev–Trinajstić information content (AvgIpc) is 2.57. The molecule has 1 heterocycles. The van der Waals surface area contributed by atoms with Gasteiger partial charge in [-0.15, -0.1) is 0 Å². The van der Waals surface area contributed by atoms with Crippen LogP contribution in [0.4, 0.5) is 5.69 Å². The Morgan fingerprint density at radius 3 is 2.65 bits per heavy atom. The molecule has 1 atom stereocenters. The predicted octanol–water partition coefficient (Wildman–Crippen LogP) is 3.27. The fourth-order valence-corrected chi connectivity index (χ4v) is 2.10. The van der Waals surface area contributed by atoms with Crippen LogP contribution in [0.25, 0.3) is 0 Å². The van der Waals surface area contributed by atoms with E-state index >= 15 is 0 Å². The molecule has 23 heavy (non-hydrogen) atoms. The van der Waals surface area contributed by atoms with Gasteiger partial charge >= 0.3 is 5.97 Å². The number of carbonyl (C=O) groups excluding carboxylic acids is 2. The molecule has 0 aliphatic carbocycles. The van der Waals surface area contributed by atoms with E-state index in [4.69, 9.17) is 4.74 Å². The summed E-state index contributed by atoms with van der Waals surface area (Å²) in [5.74, 6) is -0.889. The van der Waals surface area contributed by atoms with Crippen LogP contribution in [0, 0.1) is 13.8 Å². The van der Waals surface area contributed by atoms with Crippen LogP contribution in [0.15, 0.2) is 42.7 Å². The molecule has 1 unspecified atom stereocenters. The summed E-state index contributed by atoms with van der Waals surface area (Å²) in [7, 11) is 0. The number of hydrogen-bond donors (Lipinski definition) is 1. The topological polar surface area (TPSA) is 68.3 Å². The molecule has 0 spiro atoms. The Morgan fingerprint density at radius 2 is 2.00 bits per heavy atom. The molecule has 1 amide bonds. The molecule has 120 valence electrons. The van der Waals surface area contributed by atoms with E-state index in [9.17, 15) is 9.59 Å². The van der Waals surface area contributed by atoms with Gasteiger partial charge < -0.3 is 10.1 Å². The zero-order valence-electron chi connectivity index (χ0n) is 13.5. The Labute approximate surface area is 135 Å². The summed E-state index contributed by atoms with van der Waals surface area (Å²) >= 11 is 0. The van der Waals surface area contributed by atoms with E-state index in [2.05, 4.69) is 10.3 Å². The number of hydrogen-bond acceptors (Lipinski definition) is 4. The third-order valence-corrected chi connectivity index (χ3v) is 3.67. The number of carbonyl (C=O) groups is 2. The van der Waals surface area contributed by atoms with Crippen molar-refractivity contribution < 1.29 is 14.3 Å². The quantitative estimate of drug-likeness (QED) is 0.860. The fraction of sp³-hybridized carbons (Fsp3) is 0.278. The SMILES string of the molecule is CCC(OC(=O)c1cccnc1)C(=O)Nc1cccc(C)c1C. The first kappa shape index (κ1) is 16.7. The zero-order chi connectivity index (χ0) is 16.8. The molecule has 0 aliphatic heterocycles. The highest BCUT2D eigenvalue weighted by Gasteiger charge is 2.22. The van der Waals surface area contributed by atoms with Crippen molar-refractivity contribution in [3.05, 3.63) is 59.4 Å². The molecule has 0 bridgehead atoms. The molecule has 0 radical (unpaired) electrons. The summed E-state index contributed by atoms with van der Waals surface area (Å²) in [5.41, 5.74) is 3.13. The van der Waals surface area contributed by atoms with Gasteiger partial charge in [0.05, 0.1) is 5.56 Å². The van der Waals surface area contributed by atoms with Crippen molar-refractivity contribution >= 4 is 17.6 Å². The van der Waals surface area contributed by atoms with E-state index in [1.54, 1.807) is 25.3 Å². The average molecular weight is 312 g/mol. The van der Waals surface area contributed by atoms with Crippen molar-refractivity contribution in [1.82, 2.24) is 4.98 Å². The summed E-state index contributed by atoms with van der Waals surface area (Å²) in [6.07, 6.45) is 2.53. The first-order chi connectivity index (χ1) is 11.0. The van der Waals surface area contributed by atoms with Crippen LogP contribution in [0.5, 0.6) is 0 Å². The van der Waals surface area contributed by atoms with Crippen LogP contribution in [-0.2, 0) is 9.53 Å². The van der Waals surface area contributed by atoms with Crippen molar-refractivity contribution in [2.75, 3.05) is 5.32 Å². The summed E-state index contributed by atoms with van der Waals surface area (Å²) < 4.78 is 5.30. The second-order valence-corrected chi connectivity index (χ2v) is 5.28. The van der Waals surface area contributed by atoms with E-state index in [0.717, 1.165) is 16.8 Å². The van der Waals surface area contributed by atoms with Crippen LogP contribution < -0.4 is 5.32 Å². The summed E-state index contributed by atoms with van der Waals surface area (Å²) in [4.78, 5) is 28.3. The van der Waals surface area contributed by atoms with E-state index in [1.807, 2.05) is 32.0 Å². The van der Waals surface area contributed by atoms with E-state index < -0.39 is 12.1 Å². The second-order valence-electron chi connectivity index (χ2n) is 5.28. The van der Waals surface area contributed by atoms with Crippen LogP contribution in [0.3, 0.4) is 0 Å². The Morgan fingerprint density at radius 1 is 1.22 bits per heavy atom. The maximum Gasteiger partial charge on any atom is 0.340 e. The normalized spacial score (nSPS) is 11.6. The van der Waals surface area contributed by atoms with Crippen LogP contribution >= 0.6 is 0 Å². The van der Waals surface area contributed by atoms with Crippen molar-refractivity contribution in [3.8, 4) is 0 Å². The van der Waals surface area contributed by atoms with Gasteiger partial charge in [-0.3, -0.25) is 9.78 Å². The minimum absolute atomic E-state index is 0.325. The fourth-order valence-electron chi connectivity index (χ4n) is 2.10. The van der Waals surface area contributed by atoms with Crippen molar-refractivity contribution in [1.29, 1.82) is 0 Å².